The Balaban J connectivity index is 1.36. The van der Waals surface area contributed by atoms with Crippen molar-refractivity contribution < 1.29 is 9.59 Å². The van der Waals surface area contributed by atoms with E-state index < -0.39 is 0 Å². The first-order valence-corrected chi connectivity index (χ1v) is 9.85. The predicted molar refractivity (Wildman–Crippen MR) is 93.2 cm³/mol. The molecule has 7 heteroatoms. The van der Waals surface area contributed by atoms with Gasteiger partial charge in [-0.2, -0.15) is 0 Å². The molecule has 1 aromatic heterocycles. The summed E-state index contributed by atoms with van der Waals surface area (Å²) in [6, 6.07) is 0.546. The minimum Gasteiger partial charge on any atom is -0.340 e. The first-order valence-electron chi connectivity index (χ1n) is 8.97. The normalized spacial score (nSPS) is 25.2. The second-order valence-electron chi connectivity index (χ2n) is 6.97. The zero-order chi connectivity index (χ0) is 16.5. The number of carbonyl (C=O) groups excluding carboxylic acids is 2. The number of aromatic nitrogens is 1. The maximum Gasteiger partial charge on any atom is 0.228 e. The molecule has 24 heavy (non-hydrogen) atoms. The first-order chi connectivity index (χ1) is 11.7. The molecule has 0 aliphatic carbocycles. The van der Waals surface area contributed by atoms with Gasteiger partial charge in [-0.3, -0.25) is 19.4 Å². The summed E-state index contributed by atoms with van der Waals surface area (Å²) >= 11 is 1.47. The number of fused-ring (bicyclic) bond motifs is 1. The molecule has 0 N–H and O–H groups in total. The molecule has 2 amide bonds. The Bertz CT molecular complexity index is 632. The molecule has 3 aliphatic rings. The molecule has 1 atom stereocenters. The van der Waals surface area contributed by atoms with Crippen LogP contribution in [0.4, 0.5) is 5.13 Å². The summed E-state index contributed by atoms with van der Waals surface area (Å²) in [4.78, 5) is 35.2. The largest absolute Gasteiger partial charge is 0.340 e. The van der Waals surface area contributed by atoms with Gasteiger partial charge in [-0.15, -0.1) is 11.3 Å². The topological polar surface area (TPSA) is 56.8 Å². The summed E-state index contributed by atoms with van der Waals surface area (Å²) in [7, 11) is 0. The summed E-state index contributed by atoms with van der Waals surface area (Å²) < 4.78 is 0. The van der Waals surface area contributed by atoms with Crippen LogP contribution in [-0.4, -0.2) is 65.4 Å². The van der Waals surface area contributed by atoms with E-state index in [9.17, 15) is 9.59 Å². The Hall–Kier alpha value is -1.47. The fraction of sp³-hybridized carbons (Fsp3) is 0.706. The molecule has 3 saturated heterocycles. The van der Waals surface area contributed by atoms with E-state index in [0.29, 0.717) is 18.9 Å². The molecule has 3 aliphatic heterocycles. The lowest BCUT2D eigenvalue weighted by Gasteiger charge is -2.44. The van der Waals surface area contributed by atoms with Gasteiger partial charge in [0.25, 0.3) is 0 Å². The van der Waals surface area contributed by atoms with Crippen LogP contribution in [0, 0.1) is 0 Å². The molecule has 0 bridgehead atoms. The third-order valence-electron chi connectivity index (χ3n) is 5.37. The zero-order valence-electron chi connectivity index (χ0n) is 13.9. The zero-order valence-corrected chi connectivity index (χ0v) is 14.8. The van der Waals surface area contributed by atoms with E-state index in [0.717, 1.165) is 43.4 Å². The fourth-order valence-corrected chi connectivity index (χ4v) is 4.87. The first kappa shape index (κ1) is 16.0. The molecule has 1 unspecified atom stereocenters. The van der Waals surface area contributed by atoms with E-state index in [1.54, 1.807) is 4.90 Å². The van der Waals surface area contributed by atoms with Gasteiger partial charge in [0.15, 0.2) is 5.13 Å². The van der Waals surface area contributed by atoms with E-state index in [1.165, 1.54) is 37.1 Å². The molecule has 4 rings (SSSR count). The highest BCUT2D eigenvalue weighted by Crippen LogP contribution is 2.26. The van der Waals surface area contributed by atoms with Gasteiger partial charge in [0.2, 0.25) is 11.8 Å². The summed E-state index contributed by atoms with van der Waals surface area (Å²) in [5.74, 6) is 0.320. The highest BCUT2D eigenvalue weighted by Gasteiger charge is 2.31. The Kier molecular flexibility index (Phi) is 4.54. The van der Waals surface area contributed by atoms with E-state index in [1.807, 2.05) is 10.3 Å². The van der Waals surface area contributed by atoms with Crippen molar-refractivity contribution in [3.8, 4) is 0 Å². The van der Waals surface area contributed by atoms with Gasteiger partial charge in [-0.25, -0.2) is 4.98 Å². The third-order valence-corrected chi connectivity index (χ3v) is 6.28. The van der Waals surface area contributed by atoms with Crippen LogP contribution in [0.3, 0.4) is 0 Å². The maximum absolute atomic E-state index is 12.6. The van der Waals surface area contributed by atoms with Gasteiger partial charge in [0, 0.05) is 44.0 Å². The van der Waals surface area contributed by atoms with Gasteiger partial charge >= 0.3 is 0 Å². The lowest BCUT2D eigenvalue weighted by molar-refractivity contribution is -0.134. The second kappa shape index (κ2) is 6.80. The van der Waals surface area contributed by atoms with Crippen LogP contribution in [0.25, 0.3) is 0 Å². The number of carbonyl (C=O) groups is 2. The van der Waals surface area contributed by atoms with Crippen LogP contribution < -0.4 is 4.90 Å². The van der Waals surface area contributed by atoms with E-state index >= 15 is 0 Å². The van der Waals surface area contributed by atoms with E-state index in [2.05, 4.69) is 9.88 Å². The van der Waals surface area contributed by atoms with Crippen LogP contribution in [0.5, 0.6) is 0 Å². The smallest absolute Gasteiger partial charge is 0.228 e. The molecule has 0 radical (unpaired) electrons. The van der Waals surface area contributed by atoms with Crippen LogP contribution in [0.2, 0.25) is 0 Å². The Morgan fingerprint density at radius 2 is 2.12 bits per heavy atom. The Morgan fingerprint density at radius 3 is 2.96 bits per heavy atom. The number of piperazine rings is 1. The van der Waals surface area contributed by atoms with Crippen LogP contribution in [0.15, 0.2) is 5.38 Å². The molecule has 4 heterocycles. The molecule has 6 nitrogen and oxygen atoms in total. The van der Waals surface area contributed by atoms with Crippen LogP contribution in [0.1, 0.15) is 37.8 Å². The molecule has 1 aromatic rings. The van der Waals surface area contributed by atoms with E-state index in [4.69, 9.17) is 0 Å². The quantitative estimate of drug-likeness (QED) is 0.831. The summed E-state index contributed by atoms with van der Waals surface area (Å²) in [6.45, 7) is 4.63. The monoisotopic (exact) mass is 348 g/mol. The molecule has 0 saturated carbocycles. The van der Waals surface area contributed by atoms with Crippen molar-refractivity contribution in [2.24, 2.45) is 0 Å². The number of amides is 2. The number of hydrogen-bond acceptors (Lipinski definition) is 5. The van der Waals surface area contributed by atoms with Crippen molar-refractivity contribution >= 4 is 28.3 Å². The second-order valence-corrected chi connectivity index (χ2v) is 7.81. The van der Waals surface area contributed by atoms with Gasteiger partial charge in [0.05, 0.1) is 12.1 Å². The Labute approximate surface area is 146 Å². The standard InChI is InChI=1S/C17H24N4O2S/c22-15-5-3-7-21(15)17-18-13(12-24-17)10-16(23)20-9-8-19-6-2-1-4-14(19)11-20/h12,14H,1-11H2. The highest BCUT2D eigenvalue weighted by atomic mass is 32.1. The number of nitrogens with zero attached hydrogens (tertiary/aromatic N) is 4. The maximum atomic E-state index is 12.6. The summed E-state index contributed by atoms with van der Waals surface area (Å²) in [5.41, 5.74) is 0.797. The molecular formula is C17H24N4O2S. The van der Waals surface area contributed by atoms with Crippen LogP contribution in [-0.2, 0) is 16.0 Å². The van der Waals surface area contributed by atoms with Crippen molar-refractivity contribution in [1.29, 1.82) is 0 Å². The average Bonchev–Trinajstić information content (AvgIpc) is 3.23. The van der Waals surface area contributed by atoms with Gasteiger partial charge in [-0.1, -0.05) is 6.42 Å². The van der Waals surface area contributed by atoms with Crippen molar-refractivity contribution in [2.45, 2.75) is 44.6 Å². The van der Waals surface area contributed by atoms with Crippen molar-refractivity contribution in [3.63, 3.8) is 0 Å². The van der Waals surface area contributed by atoms with Gasteiger partial charge < -0.3 is 4.90 Å². The number of piperidine rings is 1. The number of hydrogen-bond donors (Lipinski definition) is 0. The number of anilines is 1. The number of thiazole rings is 1. The molecular weight excluding hydrogens is 324 g/mol. The minimum absolute atomic E-state index is 0.149. The van der Waals surface area contributed by atoms with Gasteiger partial charge in [-0.05, 0) is 25.8 Å². The third kappa shape index (κ3) is 3.19. The SMILES string of the molecule is O=C(Cc1csc(N2CCCC2=O)n1)N1CCN2CCCCC2C1. The van der Waals surface area contributed by atoms with E-state index in [-0.39, 0.29) is 11.8 Å². The predicted octanol–water partition coefficient (Wildman–Crippen LogP) is 1.51. The summed E-state index contributed by atoms with van der Waals surface area (Å²) in [6.07, 6.45) is 5.65. The summed E-state index contributed by atoms with van der Waals surface area (Å²) in [5, 5.41) is 2.67. The van der Waals surface area contributed by atoms with Crippen molar-refractivity contribution in [3.05, 3.63) is 11.1 Å². The molecule has 3 fully saturated rings. The fourth-order valence-electron chi connectivity index (χ4n) is 4.00. The lowest BCUT2D eigenvalue weighted by atomic mass is 9.99. The Morgan fingerprint density at radius 1 is 1.21 bits per heavy atom. The average molecular weight is 348 g/mol. The van der Waals surface area contributed by atoms with Crippen molar-refractivity contribution in [1.82, 2.24) is 14.8 Å². The highest BCUT2D eigenvalue weighted by molar-refractivity contribution is 7.14. The lowest BCUT2D eigenvalue weighted by Crippen LogP contribution is -2.56. The molecule has 130 valence electrons. The number of rotatable bonds is 3. The minimum atomic E-state index is 0.149. The molecule has 0 aromatic carbocycles. The van der Waals surface area contributed by atoms with Crippen molar-refractivity contribution in [2.75, 3.05) is 37.6 Å². The van der Waals surface area contributed by atoms with Gasteiger partial charge in [0.1, 0.15) is 0 Å². The van der Waals surface area contributed by atoms with Crippen LogP contribution >= 0.6 is 11.3 Å². The molecule has 0 spiro atoms.